The molecule has 192 valence electrons. The van der Waals surface area contributed by atoms with E-state index >= 15 is 0 Å². The number of aliphatic hydroxyl groups is 3. The number of fused-ring (bicyclic) bond motifs is 7. The average Bonchev–Trinajstić information content (AvgIpc) is 3.08. The second kappa shape index (κ2) is 7.42. The molecule has 5 aliphatic carbocycles. The standard InChI is InChI=1S/C30H48O4/c1-17(2)19-14-21(33)25-29(7)11-8-18-24(28(29,6)12-13-30(19,25)16-31)20(32)15-22-26(3,4)23(34)9-10-27(18,22)5/h8,17,19-22,24-25,31-33H,9-16H2,1-7H3/t19-,20+,21-,22-,24+,25+,27-,28+,29-,30-/m1/s1. The van der Waals surface area contributed by atoms with Crippen LogP contribution in [0, 0.1) is 56.7 Å². The van der Waals surface area contributed by atoms with Gasteiger partial charge >= 0.3 is 0 Å². The van der Waals surface area contributed by atoms with E-state index in [2.05, 4.69) is 54.5 Å². The minimum absolute atomic E-state index is 0.0380. The topological polar surface area (TPSA) is 77.8 Å². The third-order valence-corrected chi connectivity index (χ3v) is 13.0. The normalized spacial score (nSPS) is 54.1. The average molecular weight is 473 g/mol. The smallest absolute Gasteiger partial charge is 0.138 e. The summed E-state index contributed by atoms with van der Waals surface area (Å²) < 4.78 is 0. The first kappa shape index (κ1) is 25.0. The molecule has 0 amide bonds. The first-order valence-corrected chi connectivity index (χ1v) is 13.9. The molecule has 34 heavy (non-hydrogen) atoms. The number of allylic oxidation sites excluding steroid dienone is 1. The Labute approximate surface area is 206 Å². The summed E-state index contributed by atoms with van der Waals surface area (Å²) >= 11 is 0. The van der Waals surface area contributed by atoms with Crippen molar-refractivity contribution in [3.63, 3.8) is 0 Å². The van der Waals surface area contributed by atoms with E-state index < -0.39 is 17.6 Å². The van der Waals surface area contributed by atoms with Crippen LogP contribution >= 0.6 is 0 Å². The molecule has 10 atom stereocenters. The SMILES string of the molecule is CC(C)[C@H]1C[C@@H](O)[C@@H]2[C@@]1(CO)CC[C@@]1(C)[C@H]3C(=CC[C@]21C)[C@@]1(C)CCC(=O)C(C)(C)[C@H]1C[C@@H]3O. The highest BCUT2D eigenvalue weighted by molar-refractivity contribution is 5.85. The second-order valence-corrected chi connectivity index (χ2v) is 14.6. The van der Waals surface area contributed by atoms with E-state index in [-0.39, 0.29) is 46.0 Å². The summed E-state index contributed by atoms with van der Waals surface area (Å²) in [7, 11) is 0. The van der Waals surface area contributed by atoms with Gasteiger partial charge in [0, 0.05) is 29.8 Å². The van der Waals surface area contributed by atoms with E-state index in [4.69, 9.17) is 0 Å². The maximum atomic E-state index is 12.9. The maximum Gasteiger partial charge on any atom is 0.138 e. The van der Waals surface area contributed by atoms with Crippen LogP contribution in [0.1, 0.15) is 93.4 Å². The fourth-order valence-electron chi connectivity index (χ4n) is 11.0. The predicted molar refractivity (Wildman–Crippen MR) is 134 cm³/mol. The molecule has 0 spiro atoms. The lowest BCUT2D eigenvalue weighted by Gasteiger charge is -2.69. The maximum absolute atomic E-state index is 12.9. The zero-order chi connectivity index (χ0) is 25.1. The van der Waals surface area contributed by atoms with Gasteiger partial charge in [-0.1, -0.05) is 60.1 Å². The van der Waals surface area contributed by atoms with Gasteiger partial charge in [-0.3, -0.25) is 4.79 Å². The van der Waals surface area contributed by atoms with Crippen molar-refractivity contribution >= 4 is 5.78 Å². The Morgan fingerprint density at radius 2 is 1.65 bits per heavy atom. The molecule has 0 unspecified atom stereocenters. The molecular weight excluding hydrogens is 424 g/mol. The summed E-state index contributed by atoms with van der Waals surface area (Å²) in [6.45, 7) is 15.9. The minimum atomic E-state index is -0.472. The highest BCUT2D eigenvalue weighted by Gasteiger charge is 2.72. The van der Waals surface area contributed by atoms with E-state index in [1.54, 1.807) is 0 Å². The molecule has 4 nitrogen and oxygen atoms in total. The second-order valence-electron chi connectivity index (χ2n) is 14.6. The Kier molecular flexibility index (Phi) is 5.44. The zero-order valence-electron chi connectivity index (χ0n) is 22.5. The van der Waals surface area contributed by atoms with E-state index in [0.717, 1.165) is 32.1 Å². The van der Waals surface area contributed by atoms with Crippen LogP contribution in [0.15, 0.2) is 11.6 Å². The van der Waals surface area contributed by atoms with Gasteiger partial charge in [-0.05, 0) is 78.4 Å². The molecule has 4 fully saturated rings. The van der Waals surface area contributed by atoms with Crippen LogP contribution in [0.5, 0.6) is 0 Å². The number of ketones is 1. The van der Waals surface area contributed by atoms with Crippen molar-refractivity contribution in [2.45, 2.75) is 106 Å². The molecule has 0 saturated heterocycles. The Hall–Kier alpha value is -0.710. The molecule has 5 aliphatic rings. The molecule has 4 saturated carbocycles. The minimum Gasteiger partial charge on any atom is -0.396 e. The number of carbonyl (C=O) groups is 1. The van der Waals surface area contributed by atoms with E-state index in [9.17, 15) is 20.1 Å². The van der Waals surface area contributed by atoms with Crippen molar-refractivity contribution in [1.29, 1.82) is 0 Å². The van der Waals surface area contributed by atoms with Crippen LogP contribution in [-0.4, -0.2) is 39.9 Å². The molecule has 4 heteroatoms. The van der Waals surface area contributed by atoms with E-state index in [1.165, 1.54) is 5.57 Å². The van der Waals surface area contributed by atoms with Gasteiger partial charge in [-0.15, -0.1) is 0 Å². The number of aliphatic hydroxyl groups excluding tert-OH is 3. The molecule has 0 aliphatic heterocycles. The summed E-state index contributed by atoms with van der Waals surface area (Å²) in [5, 5.41) is 34.2. The molecule has 0 aromatic carbocycles. The molecule has 0 bridgehead atoms. The van der Waals surface area contributed by atoms with Gasteiger partial charge in [0.2, 0.25) is 0 Å². The van der Waals surface area contributed by atoms with Gasteiger partial charge < -0.3 is 15.3 Å². The summed E-state index contributed by atoms with van der Waals surface area (Å²) in [6, 6.07) is 0. The van der Waals surface area contributed by atoms with Crippen molar-refractivity contribution < 1.29 is 20.1 Å². The van der Waals surface area contributed by atoms with Gasteiger partial charge in [0.15, 0.2) is 0 Å². The van der Waals surface area contributed by atoms with Gasteiger partial charge in [-0.25, -0.2) is 0 Å². The number of hydrogen-bond acceptors (Lipinski definition) is 4. The van der Waals surface area contributed by atoms with Crippen LogP contribution in [-0.2, 0) is 4.79 Å². The predicted octanol–water partition coefficient (Wildman–Crippen LogP) is 5.15. The molecule has 0 aromatic heterocycles. The van der Waals surface area contributed by atoms with Crippen molar-refractivity contribution in [3.05, 3.63) is 11.6 Å². The summed E-state index contributed by atoms with van der Waals surface area (Å²) in [5.74, 6) is 1.35. The van der Waals surface area contributed by atoms with Crippen LogP contribution < -0.4 is 0 Å². The van der Waals surface area contributed by atoms with Crippen molar-refractivity contribution in [3.8, 4) is 0 Å². The molecule has 0 aromatic rings. The molecule has 0 heterocycles. The van der Waals surface area contributed by atoms with Crippen LogP contribution in [0.3, 0.4) is 0 Å². The first-order valence-electron chi connectivity index (χ1n) is 13.9. The lowest BCUT2D eigenvalue weighted by atomic mass is 9.35. The third-order valence-electron chi connectivity index (χ3n) is 13.0. The molecule has 0 radical (unpaired) electrons. The van der Waals surface area contributed by atoms with Gasteiger partial charge in [0.1, 0.15) is 5.78 Å². The third kappa shape index (κ3) is 2.74. The summed E-state index contributed by atoms with van der Waals surface area (Å²) in [6.07, 6.45) is 7.27. The molecule has 3 N–H and O–H groups in total. The quantitative estimate of drug-likeness (QED) is 0.486. The van der Waals surface area contributed by atoms with Crippen LogP contribution in [0.4, 0.5) is 0 Å². The number of rotatable bonds is 2. The van der Waals surface area contributed by atoms with Crippen LogP contribution in [0.25, 0.3) is 0 Å². The Bertz CT molecular complexity index is 905. The zero-order valence-corrected chi connectivity index (χ0v) is 22.5. The lowest BCUT2D eigenvalue weighted by molar-refractivity contribution is -0.207. The monoisotopic (exact) mass is 472 g/mol. The number of hydrogen-bond donors (Lipinski definition) is 3. The van der Waals surface area contributed by atoms with E-state index in [0.29, 0.717) is 30.5 Å². The van der Waals surface area contributed by atoms with Crippen molar-refractivity contribution in [2.75, 3.05) is 6.61 Å². The van der Waals surface area contributed by atoms with Gasteiger partial charge in [0.05, 0.1) is 12.2 Å². The van der Waals surface area contributed by atoms with Gasteiger partial charge in [-0.2, -0.15) is 0 Å². The van der Waals surface area contributed by atoms with Gasteiger partial charge in [0.25, 0.3) is 0 Å². The number of carbonyl (C=O) groups excluding carboxylic acids is 1. The number of Topliss-reactive ketones (excluding diaryl/α,β-unsaturated/α-hetero) is 1. The fourth-order valence-corrected chi connectivity index (χ4v) is 11.0. The van der Waals surface area contributed by atoms with Crippen molar-refractivity contribution in [1.82, 2.24) is 0 Å². The van der Waals surface area contributed by atoms with Crippen molar-refractivity contribution in [2.24, 2.45) is 56.7 Å². The largest absolute Gasteiger partial charge is 0.396 e. The summed E-state index contributed by atoms with van der Waals surface area (Å²) in [5.41, 5.74) is 0.347. The highest BCUT2D eigenvalue weighted by atomic mass is 16.3. The Balaban J connectivity index is 1.63. The highest BCUT2D eigenvalue weighted by Crippen LogP contribution is 2.76. The first-order chi connectivity index (χ1) is 15.7. The Morgan fingerprint density at radius 1 is 0.971 bits per heavy atom. The lowest BCUT2D eigenvalue weighted by Crippen LogP contribution is -2.66. The summed E-state index contributed by atoms with van der Waals surface area (Å²) in [4.78, 5) is 12.9. The Morgan fingerprint density at radius 3 is 2.26 bits per heavy atom. The van der Waals surface area contributed by atoms with Crippen LogP contribution in [0.2, 0.25) is 0 Å². The van der Waals surface area contributed by atoms with E-state index in [1.807, 2.05) is 0 Å². The molecule has 5 rings (SSSR count). The molecular formula is C30H48O4. The fraction of sp³-hybridized carbons (Fsp3) is 0.900.